The van der Waals surface area contributed by atoms with Crippen LogP contribution < -0.4 is 15.0 Å². The van der Waals surface area contributed by atoms with Gasteiger partial charge in [-0.3, -0.25) is 14.5 Å². The van der Waals surface area contributed by atoms with E-state index >= 15 is 0 Å². The summed E-state index contributed by atoms with van der Waals surface area (Å²) in [6.07, 6.45) is -1.69. The third-order valence-electron chi connectivity index (χ3n) is 4.81. The van der Waals surface area contributed by atoms with Crippen LogP contribution in [0.3, 0.4) is 0 Å². The Kier molecular flexibility index (Phi) is 6.46. The van der Waals surface area contributed by atoms with Gasteiger partial charge in [0.15, 0.2) is 6.04 Å². The van der Waals surface area contributed by atoms with E-state index in [1.165, 1.54) is 25.3 Å². The molecule has 0 aliphatic heterocycles. The molecule has 5 nitrogen and oxygen atoms in total. The fourth-order valence-electron chi connectivity index (χ4n) is 3.45. The lowest BCUT2D eigenvalue weighted by Gasteiger charge is -2.32. The Morgan fingerprint density at radius 1 is 1.21 bits per heavy atom. The number of nitrogens with one attached hydrogen (secondary N) is 1. The third-order valence-corrected chi connectivity index (χ3v) is 5.74. The number of carbonyl (C=O) groups excluding carboxylic acids is 2. The highest BCUT2D eigenvalue weighted by atomic mass is 32.1. The van der Waals surface area contributed by atoms with Crippen molar-refractivity contribution >= 4 is 28.8 Å². The molecule has 1 aliphatic rings. The Labute approximate surface area is 170 Å². The number of methoxy groups -OCH3 is 1. The zero-order valence-electron chi connectivity index (χ0n) is 15.7. The number of nitrogens with zero attached hydrogens (tertiary/aromatic N) is 1. The van der Waals surface area contributed by atoms with E-state index in [1.54, 1.807) is 23.6 Å². The van der Waals surface area contributed by atoms with E-state index in [9.17, 15) is 22.8 Å². The second kappa shape index (κ2) is 8.86. The number of carbonyl (C=O) groups is 2. The Hall–Kier alpha value is -2.55. The molecule has 2 aromatic rings. The van der Waals surface area contributed by atoms with Crippen LogP contribution in [0.4, 0.5) is 18.9 Å². The van der Waals surface area contributed by atoms with Crippen molar-refractivity contribution in [2.24, 2.45) is 0 Å². The molecule has 1 aromatic heterocycles. The second-order valence-corrected chi connectivity index (χ2v) is 7.76. The van der Waals surface area contributed by atoms with Gasteiger partial charge >= 0.3 is 12.1 Å². The maximum Gasteiger partial charge on any atom is 0.471 e. The lowest BCUT2D eigenvalue weighted by atomic mass is 10.1. The summed E-state index contributed by atoms with van der Waals surface area (Å²) in [4.78, 5) is 26.4. The van der Waals surface area contributed by atoms with Gasteiger partial charge in [-0.25, -0.2) is 0 Å². The fraction of sp³-hybridized carbons (Fsp3) is 0.400. The second-order valence-electron chi connectivity index (χ2n) is 6.78. The number of alkyl halides is 3. The summed E-state index contributed by atoms with van der Waals surface area (Å²) in [5.41, 5.74) is -0.0633. The highest BCUT2D eigenvalue weighted by Gasteiger charge is 2.48. The number of amides is 2. The van der Waals surface area contributed by atoms with Crippen LogP contribution in [0.5, 0.6) is 5.75 Å². The molecule has 1 aromatic carbocycles. The number of hydrogen-bond donors (Lipinski definition) is 1. The first kappa shape index (κ1) is 21.2. The Morgan fingerprint density at radius 2 is 1.93 bits per heavy atom. The molecule has 2 amide bonds. The number of ether oxygens (including phenoxy) is 1. The zero-order valence-corrected chi connectivity index (χ0v) is 16.6. The highest BCUT2D eigenvalue weighted by molar-refractivity contribution is 7.10. The van der Waals surface area contributed by atoms with Crippen LogP contribution in [-0.4, -0.2) is 31.1 Å². The predicted molar refractivity (Wildman–Crippen MR) is 104 cm³/mol. The van der Waals surface area contributed by atoms with Crippen molar-refractivity contribution in [3.63, 3.8) is 0 Å². The van der Waals surface area contributed by atoms with E-state index in [1.807, 2.05) is 0 Å². The lowest BCUT2D eigenvalue weighted by molar-refractivity contribution is -0.171. The SMILES string of the molecule is COc1cccc(N(C(=O)C(F)(F)F)[C@H](C(=O)NC2CCCC2)c2cccs2)c1. The van der Waals surface area contributed by atoms with Gasteiger partial charge in [0.1, 0.15) is 5.75 Å². The van der Waals surface area contributed by atoms with Crippen molar-refractivity contribution in [1.29, 1.82) is 0 Å². The molecule has 3 rings (SSSR count). The summed E-state index contributed by atoms with van der Waals surface area (Å²) >= 11 is 1.12. The quantitative estimate of drug-likeness (QED) is 0.742. The number of thiophene rings is 1. The zero-order chi connectivity index (χ0) is 21.0. The van der Waals surface area contributed by atoms with Crippen molar-refractivity contribution in [1.82, 2.24) is 5.32 Å². The molecule has 0 spiro atoms. The number of benzene rings is 1. The first-order valence-electron chi connectivity index (χ1n) is 9.19. The van der Waals surface area contributed by atoms with E-state index in [2.05, 4.69) is 5.32 Å². The minimum Gasteiger partial charge on any atom is -0.497 e. The van der Waals surface area contributed by atoms with Crippen molar-refractivity contribution in [3.8, 4) is 5.75 Å². The molecule has 1 saturated carbocycles. The fourth-order valence-corrected chi connectivity index (χ4v) is 4.26. The van der Waals surface area contributed by atoms with E-state index in [0.717, 1.165) is 37.0 Å². The summed E-state index contributed by atoms with van der Waals surface area (Å²) in [7, 11) is 1.37. The molecular formula is C20H21F3N2O3S. The number of anilines is 1. The van der Waals surface area contributed by atoms with Crippen LogP contribution in [0.2, 0.25) is 0 Å². The Bertz CT molecular complexity index is 849. The molecule has 1 aliphatic carbocycles. The Balaban J connectivity index is 2.06. The topological polar surface area (TPSA) is 58.6 Å². The molecule has 1 fully saturated rings. The molecule has 0 saturated heterocycles. The van der Waals surface area contributed by atoms with Crippen LogP contribution in [0, 0.1) is 0 Å². The summed E-state index contributed by atoms with van der Waals surface area (Å²) in [5.74, 6) is -2.45. The van der Waals surface area contributed by atoms with Gasteiger partial charge < -0.3 is 10.1 Å². The first-order chi connectivity index (χ1) is 13.8. The maximum atomic E-state index is 13.5. The van der Waals surface area contributed by atoms with E-state index in [-0.39, 0.29) is 17.5 Å². The van der Waals surface area contributed by atoms with Gasteiger partial charge in [0.05, 0.1) is 7.11 Å². The first-order valence-corrected chi connectivity index (χ1v) is 10.1. The monoisotopic (exact) mass is 426 g/mol. The molecule has 0 radical (unpaired) electrons. The van der Waals surface area contributed by atoms with Crippen molar-refractivity contribution < 1.29 is 27.5 Å². The maximum absolute atomic E-state index is 13.5. The molecule has 156 valence electrons. The van der Waals surface area contributed by atoms with E-state index in [4.69, 9.17) is 4.74 Å². The smallest absolute Gasteiger partial charge is 0.471 e. The molecule has 0 bridgehead atoms. The minimum absolute atomic E-state index is 0.0633. The predicted octanol–water partition coefficient (Wildman–Crippen LogP) is 4.45. The molecule has 9 heteroatoms. The standard InChI is InChI=1S/C20H21F3N2O3S/c1-28-15-9-4-8-14(12-15)25(19(27)20(21,22)23)17(16-10-5-11-29-16)18(26)24-13-6-2-3-7-13/h4-5,8-13,17H,2-3,6-7H2,1H3,(H,24,26)/t17-/m0/s1. The number of halogens is 3. The van der Waals surface area contributed by atoms with Crippen LogP contribution in [0.1, 0.15) is 36.6 Å². The Morgan fingerprint density at radius 3 is 2.52 bits per heavy atom. The molecule has 29 heavy (non-hydrogen) atoms. The average molecular weight is 426 g/mol. The van der Waals surface area contributed by atoms with Crippen LogP contribution >= 0.6 is 11.3 Å². The highest BCUT2D eigenvalue weighted by Crippen LogP contribution is 2.36. The lowest BCUT2D eigenvalue weighted by Crippen LogP contribution is -2.50. The summed E-state index contributed by atoms with van der Waals surface area (Å²) in [6, 6.07) is 7.36. The van der Waals surface area contributed by atoms with Gasteiger partial charge in [-0.15, -0.1) is 11.3 Å². The minimum atomic E-state index is -5.15. The van der Waals surface area contributed by atoms with Crippen LogP contribution in [0.25, 0.3) is 0 Å². The summed E-state index contributed by atoms with van der Waals surface area (Å²) in [5, 5.41) is 4.49. The van der Waals surface area contributed by atoms with Crippen molar-refractivity contribution in [2.75, 3.05) is 12.0 Å². The molecular weight excluding hydrogens is 405 g/mol. The average Bonchev–Trinajstić information content (AvgIpc) is 3.38. The largest absolute Gasteiger partial charge is 0.497 e. The van der Waals surface area contributed by atoms with Crippen molar-refractivity contribution in [2.45, 2.75) is 43.9 Å². The van der Waals surface area contributed by atoms with Crippen LogP contribution in [0.15, 0.2) is 41.8 Å². The number of rotatable bonds is 6. The van der Waals surface area contributed by atoms with Gasteiger partial charge in [-0.05, 0) is 36.4 Å². The molecule has 1 heterocycles. The van der Waals surface area contributed by atoms with Gasteiger partial charge in [-0.2, -0.15) is 13.2 Å². The number of hydrogen-bond acceptors (Lipinski definition) is 4. The van der Waals surface area contributed by atoms with Crippen LogP contribution in [-0.2, 0) is 9.59 Å². The summed E-state index contributed by atoms with van der Waals surface area (Å²) < 4.78 is 45.6. The van der Waals surface area contributed by atoms with Gasteiger partial charge in [0.2, 0.25) is 5.91 Å². The van der Waals surface area contributed by atoms with Crippen molar-refractivity contribution in [3.05, 3.63) is 46.7 Å². The van der Waals surface area contributed by atoms with Gasteiger partial charge in [0, 0.05) is 22.7 Å². The van der Waals surface area contributed by atoms with Gasteiger partial charge in [0.25, 0.3) is 0 Å². The van der Waals surface area contributed by atoms with Gasteiger partial charge in [-0.1, -0.05) is 25.0 Å². The normalized spacial score (nSPS) is 15.7. The van der Waals surface area contributed by atoms with E-state index in [0.29, 0.717) is 9.78 Å². The molecule has 1 atom stereocenters. The van der Waals surface area contributed by atoms with E-state index < -0.39 is 24.0 Å². The summed E-state index contributed by atoms with van der Waals surface area (Å²) in [6.45, 7) is 0. The molecule has 1 N–H and O–H groups in total. The molecule has 0 unspecified atom stereocenters. The third kappa shape index (κ3) is 4.90.